The highest BCUT2D eigenvalue weighted by molar-refractivity contribution is 6.00. The van der Waals surface area contributed by atoms with Gasteiger partial charge in [0, 0.05) is 53.0 Å². The predicted molar refractivity (Wildman–Crippen MR) is 152 cm³/mol. The van der Waals surface area contributed by atoms with Crippen LogP contribution in [0, 0.1) is 5.92 Å². The van der Waals surface area contributed by atoms with Crippen molar-refractivity contribution in [3.8, 4) is 22.5 Å². The Morgan fingerprint density at radius 3 is 2.62 bits per heavy atom. The van der Waals surface area contributed by atoms with Gasteiger partial charge in [-0.15, -0.1) is 0 Å². The van der Waals surface area contributed by atoms with Crippen molar-refractivity contribution < 1.29 is 0 Å². The number of hydrogen-bond acceptors (Lipinski definition) is 4. The van der Waals surface area contributed by atoms with Gasteiger partial charge in [0.1, 0.15) is 5.69 Å². The average Bonchev–Trinajstić information content (AvgIpc) is 3.58. The van der Waals surface area contributed by atoms with Crippen LogP contribution in [0.25, 0.3) is 44.3 Å². The van der Waals surface area contributed by atoms with Crippen LogP contribution < -0.4 is 10.2 Å². The maximum absolute atomic E-state index is 4.74. The smallest absolute Gasteiger partial charge is 0.116 e. The number of nitrogens with zero attached hydrogens (tertiary/aromatic N) is 3. The third-order valence-electron chi connectivity index (χ3n) is 8.27. The summed E-state index contributed by atoms with van der Waals surface area (Å²) in [5.41, 5.74) is 9.25. The largest absolute Gasteiger partial charge is 0.371 e. The first-order valence-electron chi connectivity index (χ1n) is 13.8. The summed E-state index contributed by atoms with van der Waals surface area (Å²) >= 11 is 0. The quantitative estimate of drug-likeness (QED) is 0.270. The van der Waals surface area contributed by atoms with Crippen molar-refractivity contribution in [2.24, 2.45) is 5.92 Å². The molecule has 2 aliphatic rings. The molecule has 5 heterocycles. The molecule has 3 aromatic heterocycles. The Hall–Kier alpha value is -3.64. The molecule has 37 heavy (non-hydrogen) atoms. The minimum atomic E-state index is 0.748. The summed E-state index contributed by atoms with van der Waals surface area (Å²) in [5, 5.41) is 13.9. The Bertz CT molecular complexity index is 1530. The van der Waals surface area contributed by atoms with E-state index in [4.69, 9.17) is 5.10 Å². The topological polar surface area (TPSA) is 72.6 Å². The average molecular weight is 491 g/mol. The van der Waals surface area contributed by atoms with Crippen molar-refractivity contribution in [2.45, 2.75) is 38.5 Å². The Labute approximate surface area is 217 Å². The Morgan fingerprint density at radius 2 is 1.73 bits per heavy atom. The van der Waals surface area contributed by atoms with E-state index in [2.05, 4.69) is 73.8 Å². The second-order valence-electron chi connectivity index (χ2n) is 10.8. The lowest BCUT2D eigenvalue weighted by molar-refractivity contribution is 0.372. The van der Waals surface area contributed by atoms with Crippen LogP contribution in [0.5, 0.6) is 0 Å². The second-order valence-corrected chi connectivity index (χ2v) is 10.8. The van der Waals surface area contributed by atoms with Gasteiger partial charge in [0.05, 0.1) is 11.2 Å². The van der Waals surface area contributed by atoms with Gasteiger partial charge in [0.25, 0.3) is 0 Å². The molecular formula is C31H34N6. The second kappa shape index (κ2) is 9.67. The third kappa shape index (κ3) is 4.40. The molecule has 0 spiro atoms. The zero-order chi connectivity index (χ0) is 24.6. The normalized spacial score (nSPS) is 17.1. The Morgan fingerprint density at radius 1 is 0.838 bits per heavy atom. The van der Waals surface area contributed by atoms with E-state index in [1.807, 2.05) is 12.4 Å². The number of aromatic nitrogens is 4. The fourth-order valence-electron chi connectivity index (χ4n) is 6.25. The number of fused-ring (bicyclic) bond motifs is 2. The fourth-order valence-corrected chi connectivity index (χ4v) is 6.25. The first-order chi connectivity index (χ1) is 18.3. The molecule has 2 saturated heterocycles. The number of pyridine rings is 1. The van der Waals surface area contributed by atoms with Gasteiger partial charge in [-0.05, 0) is 105 Å². The number of aromatic amines is 2. The van der Waals surface area contributed by atoms with Crippen LogP contribution in [0.2, 0.25) is 0 Å². The number of H-pyrrole nitrogens is 2. The number of benzene rings is 2. The summed E-state index contributed by atoms with van der Waals surface area (Å²) < 4.78 is 0. The van der Waals surface area contributed by atoms with Gasteiger partial charge in [0.15, 0.2) is 0 Å². The van der Waals surface area contributed by atoms with Crippen LogP contribution in [0.4, 0.5) is 5.69 Å². The minimum Gasteiger partial charge on any atom is -0.371 e. The molecule has 2 aromatic carbocycles. The van der Waals surface area contributed by atoms with Crippen molar-refractivity contribution in [1.82, 2.24) is 25.5 Å². The molecule has 3 N–H and O–H groups in total. The van der Waals surface area contributed by atoms with Crippen molar-refractivity contribution in [1.29, 1.82) is 0 Å². The first kappa shape index (κ1) is 22.5. The minimum absolute atomic E-state index is 0.748. The van der Waals surface area contributed by atoms with E-state index in [1.165, 1.54) is 65.4 Å². The van der Waals surface area contributed by atoms with Crippen LogP contribution in [-0.4, -0.2) is 46.3 Å². The van der Waals surface area contributed by atoms with E-state index < -0.39 is 0 Å². The molecule has 2 fully saturated rings. The molecule has 6 nitrogen and oxygen atoms in total. The van der Waals surface area contributed by atoms with E-state index in [9.17, 15) is 0 Å². The van der Waals surface area contributed by atoms with Gasteiger partial charge in [-0.3, -0.25) is 10.1 Å². The van der Waals surface area contributed by atoms with Crippen LogP contribution in [0.1, 0.15) is 37.7 Å². The SMILES string of the molecule is c1cc(N2CCCCC2)c2cc(-c3n[nH]c4ccc(-c5cncc(CC6CCNCC6)c5)cc34)[nH]c2c1. The standard InChI is InChI=1S/C31H34N6/c1-2-13-37(14-3-1)30-6-4-5-27-25(30)18-29(34-27)31-26-17-23(7-8-28(26)35-36-31)24-16-22(19-33-20-24)15-21-9-11-32-12-10-21/h4-8,16-21,32,34H,1-3,9-15H2,(H,35,36). The summed E-state index contributed by atoms with van der Waals surface area (Å²) in [4.78, 5) is 10.8. The molecule has 6 heteroatoms. The molecule has 0 bridgehead atoms. The first-order valence-corrected chi connectivity index (χ1v) is 13.8. The van der Waals surface area contributed by atoms with Crippen molar-refractivity contribution in [3.63, 3.8) is 0 Å². The predicted octanol–water partition coefficient (Wildman–Crippen LogP) is 6.31. The number of piperidine rings is 2. The lowest BCUT2D eigenvalue weighted by Crippen LogP contribution is -2.29. The van der Waals surface area contributed by atoms with Gasteiger partial charge >= 0.3 is 0 Å². The molecule has 7 rings (SSSR count). The Balaban J connectivity index is 1.23. The van der Waals surface area contributed by atoms with Gasteiger partial charge in [-0.2, -0.15) is 5.10 Å². The van der Waals surface area contributed by atoms with Crippen molar-refractivity contribution in [3.05, 3.63) is 66.5 Å². The number of anilines is 1. The summed E-state index contributed by atoms with van der Waals surface area (Å²) in [5.74, 6) is 0.748. The van der Waals surface area contributed by atoms with Crippen LogP contribution in [-0.2, 0) is 6.42 Å². The van der Waals surface area contributed by atoms with E-state index >= 15 is 0 Å². The summed E-state index contributed by atoms with van der Waals surface area (Å²) in [6, 6.07) is 17.8. The number of rotatable bonds is 5. The molecule has 0 atom stereocenters. The summed E-state index contributed by atoms with van der Waals surface area (Å²) in [6.45, 7) is 4.54. The maximum Gasteiger partial charge on any atom is 0.116 e. The van der Waals surface area contributed by atoms with Crippen molar-refractivity contribution >= 4 is 27.5 Å². The third-order valence-corrected chi connectivity index (χ3v) is 8.27. The molecular weight excluding hydrogens is 456 g/mol. The molecule has 5 aromatic rings. The fraction of sp³-hybridized carbons (Fsp3) is 0.355. The van der Waals surface area contributed by atoms with Crippen molar-refractivity contribution in [2.75, 3.05) is 31.1 Å². The summed E-state index contributed by atoms with van der Waals surface area (Å²) in [6.07, 6.45) is 11.5. The zero-order valence-electron chi connectivity index (χ0n) is 21.3. The molecule has 0 aliphatic carbocycles. The Kier molecular flexibility index (Phi) is 5.89. The highest BCUT2D eigenvalue weighted by Gasteiger charge is 2.18. The molecule has 0 unspecified atom stereocenters. The number of hydrogen-bond donors (Lipinski definition) is 3. The lowest BCUT2D eigenvalue weighted by Gasteiger charge is -2.29. The van der Waals surface area contributed by atoms with Gasteiger partial charge in [-0.25, -0.2) is 0 Å². The van der Waals surface area contributed by atoms with Gasteiger partial charge < -0.3 is 15.2 Å². The van der Waals surface area contributed by atoms with E-state index in [0.717, 1.165) is 60.8 Å². The van der Waals surface area contributed by atoms with Crippen LogP contribution >= 0.6 is 0 Å². The lowest BCUT2D eigenvalue weighted by atomic mass is 9.91. The van der Waals surface area contributed by atoms with E-state index in [0.29, 0.717) is 0 Å². The molecule has 0 radical (unpaired) electrons. The maximum atomic E-state index is 4.74. The van der Waals surface area contributed by atoms with E-state index in [-0.39, 0.29) is 0 Å². The zero-order valence-corrected chi connectivity index (χ0v) is 21.3. The molecule has 2 aliphatic heterocycles. The summed E-state index contributed by atoms with van der Waals surface area (Å²) in [7, 11) is 0. The highest BCUT2D eigenvalue weighted by atomic mass is 15.1. The van der Waals surface area contributed by atoms with E-state index in [1.54, 1.807) is 0 Å². The monoisotopic (exact) mass is 490 g/mol. The number of nitrogens with one attached hydrogen (secondary N) is 3. The molecule has 188 valence electrons. The van der Waals surface area contributed by atoms with Gasteiger partial charge in [0.2, 0.25) is 0 Å². The van der Waals surface area contributed by atoms with Gasteiger partial charge in [-0.1, -0.05) is 12.1 Å². The highest BCUT2D eigenvalue weighted by Crippen LogP contribution is 2.35. The molecule has 0 saturated carbocycles. The van der Waals surface area contributed by atoms with Crippen LogP contribution in [0.3, 0.4) is 0 Å². The molecule has 0 amide bonds. The van der Waals surface area contributed by atoms with Crippen LogP contribution in [0.15, 0.2) is 60.9 Å².